The Balaban J connectivity index is 2.03. The van der Waals surface area contributed by atoms with E-state index >= 15 is 0 Å². The quantitative estimate of drug-likeness (QED) is 0.723. The lowest BCUT2D eigenvalue weighted by atomic mass is 9.99. The molecule has 144 valence electrons. The molecule has 7 nitrogen and oxygen atoms in total. The van der Waals surface area contributed by atoms with E-state index in [-0.39, 0.29) is 17.2 Å². The predicted octanol–water partition coefficient (Wildman–Crippen LogP) is 2.41. The molecule has 0 aliphatic heterocycles. The molecule has 0 aromatic heterocycles. The molecule has 7 heteroatoms. The Kier molecular flexibility index (Phi) is 6.76. The van der Waals surface area contributed by atoms with Gasteiger partial charge in [0, 0.05) is 0 Å². The summed E-state index contributed by atoms with van der Waals surface area (Å²) in [5.74, 6) is -2.38. The molecule has 2 unspecified atom stereocenters. The number of fused-ring (bicyclic) bond motifs is 1. The minimum Gasteiger partial charge on any atom is -0.507 e. The smallest absolute Gasteiger partial charge is 0.342 e. The highest BCUT2D eigenvalue weighted by Gasteiger charge is 2.27. The van der Waals surface area contributed by atoms with Gasteiger partial charge in [-0.2, -0.15) is 0 Å². The van der Waals surface area contributed by atoms with Crippen LogP contribution in [-0.4, -0.2) is 42.7 Å². The molecule has 0 fully saturated rings. The van der Waals surface area contributed by atoms with Gasteiger partial charge >= 0.3 is 11.9 Å². The van der Waals surface area contributed by atoms with E-state index in [0.717, 1.165) is 10.8 Å². The van der Waals surface area contributed by atoms with E-state index in [9.17, 15) is 19.5 Å². The van der Waals surface area contributed by atoms with E-state index in [0.29, 0.717) is 6.42 Å². The zero-order chi connectivity index (χ0) is 20.0. The fourth-order valence-electron chi connectivity index (χ4n) is 2.61. The van der Waals surface area contributed by atoms with Crippen molar-refractivity contribution in [1.29, 1.82) is 0 Å². The molecule has 2 aromatic rings. The van der Waals surface area contributed by atoms with Gasteiger partial charge in [-0.15, -0.1) is 0 Å². The van der Waals surface area contributed by atoms with Crippen LogP contribution in [0, 0.1) is 5.92 Å². The number of hydrogen-bond donors (Lipinski definition) is 2. The van der Waals surface area contributed by atoms with Crippen molar-refractivity contribution in [3.8, 4) is 5.75 Å². The third-order valence-corrected chi connectivity index (χ3v) is 4.40. The Morgan fingerprint density at radius 1 is 1.15 bits per heavy atom. The summed E-state index contributed by atoms with van der Waals surface area (Å²) in [6.45, 7) is 3.12. The molecule has 2 N–H and O–H groups in total. The molecule has 2 atom stereocenters. The van der Waals surface area contributed by atoms with Gasteiger partial charge in [0.2, 0.25) is 0 Å². The van der Waals surface area contributed by atoms with Gasteiger partial charge in [-0.05, 0) is 28.8 Å². The van der Waals surface area contributed by atoms with Crippen LogP contribution in [0.25, 0.3) is 10.8 Å². The van der Waals surface area contributed by atoms with E-state index in [4.69, 9.17) is 9.47 Å². The highest BCUT2D eigenvalue weighted by Crippen LogP contribution is 2.25. The molecule has 0 spiro atoms. The highest BCUT2D eigenvalue weighted by molar-refractivity contribution is 5.99. The van der Waals surface area contributed by atoms with Gasteiger partial charge in [0.25, 0.3) is 5.91 Å². The number of carbonyl (C=O) groups is 3. The van der Waals surface area contributed by atoms with Crippen LogP contribution < -0.4 is 5.32 Å². The largest absolute Gasteiger partial charge is 0.507 e. The van der Waals surface area contributed by atoms with E-state index in [1.807, 2.05) is 19.1 Å². The van der Waals surface area contributed by atoms with Crippen molar-refractivity contribution in [2.45, 2.75) is 26.3 Å². The molecule has 2 aromatic carbocycles. The number of hydrogen-bond acceptors (Lipinski definition) is 6. The Morgan fingerprint density at radius 3 is 2.37 bits per heavy atom. The van der Waals surface area contributed by atoms with Crippen molar-refractivity contribution < 1.29 is 29.0 Å². The van der Waals surface area contributed by atoms with E-state index in [1.54, 1.807) is 19.1 Å². The topological polar surface area (TPSA) is 102 Å². The molecular formula is C20H23NO6. The number of nitrogens with one attached hydrogen (secondary N) is 1. The summed E-state index contributed by atoms with van der Waals surface area (Å²) in [7, 11) is 1.24. The van der Waals surface area contributed by atoms with Crippen molar-refractivity contribution in [1.82, 2.24) is 5.32 Å². The molecular weight excluding hydrogens is 350 g/mol. The van der Waals surface area contributed by atoms with E-state index < -0.39 is 30.5 Å². The van der Waals surface area contributed by atoms with Crippen molar-refractivity contribution >= 4 is 28.6 Å². The highest BCUT2D eigenvalue weighted by atomic mass is 16.5. The molecule has 1 amide bonds. The van der Waals surface area contributed by atoms with Gasteiger partial charge in [-0.3, -0.25) is 4.79 Å². The van der Waals surface area contributed by atoms with Crippen molar-refractivity contribution in [3.63, 3.8) is 0 Å². The first-order valence-corrected chi connectivity index (χ1v) is 8.63. The standard InChI is InChI=1S/C20H23NO6/c1-4-12(2)18(20(25)26-3)21-17(23)11-27-19(24)15-9-13-7-5-6-8-14(13)10-16(15)22/h5-10,12,18,22H,4,11H2,1-3H3,(H,21,23). The summed E-state index contributed by atoms with van der Waals surface area (Å²) in [6, 6.07) is 9.37. The number of benzene rings is 2. The summed E-state index contributed by atoms with van der Waals surface area (Å²) in [6.07, 6.45) is 0.658. The third kappa shape index (κ3) is 4.97. The lowest BCUT2D eigenvalue weighted by molar-refractivity contribution is -0.147. The number of aromatic hydroxyl groups is 1. The van der Waals surface area contributed by atoms with Gasteiger partial charge < -0.3 is 19.9 Å². The average molecular weight is 373 g/mol. The number of methoxy groups -OCH3 is 1. The Bertz CT molecular complexity index is 847. The maximum absolute atomic E-state index is 12.2. The van der Waals surface area contributed by atoms with Crippen LogP contribution in [0.3, 0.4) is 0 Å². The Hall–Kier alpha value is -3.09. The number of phenols is 1. The zero-order valence-electron chi connectivity index (χ0n) is 15.5. The summed E-state index contributed by atoms with van der Waals surface area (Å²) in [5, 5.41) is 14.1. The second kappa shape index (κ2) is 9.02. The molecule has 0 saturated heterocycles. The first-order valence-electron chi connectivity index (χ1n) is 8.63. The molecule has 0 bridgehead atoms. The number of ether oxygens (including phenoxy) is 2. The van der Waals surface area contributed by atoms with Crippen LogP contribution in [0.2, 0.25) is 0 Å². The molecule has 0 aliphatic rings. The summed E-state index contributed by atoms with van der Waals surface area (Å²) in [5.41, 5.74) is -0.0343. The fourth-order valence-corrected chi connectivity index (χ4v) is 2.61. The van der Waals surface area contributed by atoms with Gasteiger partial charge in [0.1, 0.15) is 17.4 Å². The summed E-state index contributed by atoms with van der Waals surface area (Å²) < 4.78 is 9.68. The molecule has 0 aliphatic carbocycles. The monoisotopic (exact) mass is 373 g/mol. The van der Waals surface area contributed by atoms with Crippen LogP contribution in [0.15, 0.2) is 36.4 Å². The molecule has 0 heterocycles. The second-order valence-corrected chi connectivity index (χ2v) is 6.25. The summed E-state index contributed by atoms with van der Waals surface area (Å²) in [4.78, 5) is 36.1. The number of carbonyl (C=O) groups excluding carboxylic acids is 3. The minimum atomic E-state index is -0.827. The number of esters is 2. The van der Waals surface area contributed by atoms with Crippen LogP contribution >= 0.6 is 0 Å². The van der Waals surface area contributed by atoms with Crippen LogP contribution in [0.1, 0.15) is 30.6 Å². The fraction of sp³-hybridized carbons (Fsp3) is 0.350. The normalized spacial score (nSPS) is 12.9. The van der Waals surface area contributed by atoms with Gasteiger partial charge in [-0.25, -0.2) is 9.59 Å². The number of amides is 1. The van der Waals surface area contributed by atoms with Gasteiger partial charge in [0.15, 0.2) is 6.61 Å². The Labute approximate surface area is 157 Å². The van der Waals surface area contributed by atoms with Crippen LogP contribution in [0.4, 0.5) is 0 Å². The first-order chi connectivity index (χ1) is 12.9. The van der Waals surface area contributed by atoms with Crippen LogP contribution in [0.5, 0.6) is 5.75 Å². The van der Waals surface area contributed by atoms with Crippen molar-refractivity contribution in [2.75, 3.05) is 13.7 Å². The molecule has 0 radical (unpaired) electrons. The van der Waals surface area contributed by atoms with Crippen molar-refractivity contribution in [2.24, 2.45) is 5.92 Å². The lowest BCUT2D eigenvalue weighted by Crippen LogP contribution is -2.47. The minimum absolute atomic E-state index is 0.0343. The third-order valence-electron chi connectivity index (χ3n) is 4.40. The SMILES string of the molecule is CCC(C)C(NC(=O)COC(=O)c1cc2ccccc2cc1O)C(=O)OC. The zero-order valence-corrected chi connectivity index (χ0v) is 15.5. The number of rotatable bonds is 7. The summed E-state index contributed by atoms with van der Waals surface area (Å²) >= 11 is 0. The lowest BCUT2D eigenvalue weighted by Gasteiger charge is -2.21. The van der Waals surface area contributed by atoms with Crippen LogP contribution in [-0.2, 0) is 19.1 Å². The second-order valence-electron chi connectivity index (χ2n) is 6.25. The van der Waals surface area contributed by atoms with Gasteiger partial charge in [0.05, 0.1) is 7.11 Å². The predicted molar refractivity (Wildman–Crippen MR) is 99.3 cm³/mol. The van der Waals surface area contributed by atoms with Gasteiger partial charge in [-0.1, -0.05) is 44.5 Å². The van der Waals surface area contributed by atoms with E-state index in [1.165, 1.54) is 19.2 Å². The molecule has 2 rings (SSSR count). The van der Waals surface area contributed by atoms with E-state index in [2.05, 4.69) is 5.32 Å². The van der Waals surface area contributed by atoms with Crippen molar-refractivity contribution in [3.05, 3.63) is 42.0 Å². The Morgan fingerprint density at radius 2 is 1.78 bits per heavy atom. The maximum Gasteiger partial charge on any atom is 0.342 e. The molecule has 0 saturated carbocycles. The maximum atomic E-state index is 12.2. The first kappa shape index (κ1) is 20.2. The number of phenolic OH excluding ortho intramolecular Hbond substituents is 1. The average Bonchev–Trinajstić information content (AvgIpc) is 2.68. The molecule has 27 heavy (non-hydrogen) atoms.